The first kappa shape index (κ1) is 9.85. The van der Waals surface area contributed by atoms with Gasteiger partial charge in [0.15, 0.2) is 5.69 Å². The Balaban J connectivity index is 2.12. The van der Waals surface area contributed by atoms with Gasteiger partial charge < -0.3 is 0 Å². The number of hydrogen-bond donors (Lipinski definition) is 1. The molecule has 80 valence electrons. The molecular formula is C9H11N3O3. The van der Waals surface area contributed by atoms with Gasteiger partial charge >= 0.3 is 0 Å². The number of aromatic amines is 1. The maximum absolute atomic E-state index is 11.7. The van der Waals surface area contributed by atoms with E-state index in [1.807, 2.05) is 0 Å². The van der Waals surface area contributed by atoms with E-state index in [0.29, 0.717) is 13.2 Å². The van der Waals surface area contributed by atoms with Crippen molar-refractivity contribution < 1.29 is 9.63 Å². The highest BCUT2D eigenvalue weighted by Gasteiger charge is 2.20. The van der Waals surface area contributed by atoms with E-state index < -0.39 is 0 Å². The topological polar surface area (TPSA) is 75.3 Å². The number of nitrogens with one attached hydrogen (secondary N) is 1. The molecule has 15 heavy (non-hydrogen) atoms. The SMILES string of the molecule is O=C(c1ccc(=O)[nH]n1)N1CCCCO1. The number of H-pyrrole nitrogens is 1. The highest BCUT2D eigenvalue weighted by atomic mass is 16.7. The molecule has 0 atom stereocenters. The van der Waals surface area contributed by atoms with Crippen molar-refractivity contribution in [1.82, 2.24) is 15.3 Å². The summed E-state index contributed by atoms with van der Waals surface area (Å²) in [5.41, 5.74) is -0.136. The number of hydrogen-bond acceptors (Lipinski definition) is 4. The molecule has 0 aromatic carbocycles. The van der Waals surface area contributed by atoms with E-state index >= 15 is 0 Å². The normalized spacial score (nSPS) is 16.4. The summed E-state index contributed by atoms with van der Waals surface area (Å²) < 4.78 is 0. The lowest BCUT2D eigenvalue weighted by Crippen LogP contribution is -2.36. The van der Waals surface area contributed by atoms with E-state index in [9.17, 15) is 9.59 Å². The average molecular weight is 209 g/mol. The molecule has 1 aromatic rings. The van der Waals surface area contributed by atoms with Gasteiger partial charge in [-0.05, 0) is 18.9 Å². The first-order valence-corrected chi connectivity index (χ1v) is 4.78. The maximum Gasteiger partial charge on any atom is 0.297 e. The summed E-state index contributed by atoms with van der Waals surface area (Å²) in [6, 6.07) is 2.66. The van der Waals surface area contributed by atoms with Crippen LogP contribution in [0.1, 0.15) is 23.3 Å². The fourth-order valence-electron chi connectivity index (χ4n) is 1.35. The molecule has 2 rings (SSSR count). The molecule has 1 N–H and O–H groups in total. The molecule has 0 bridgehead atoms. The zero-order chi connectivity index (χ0) is 10.7. The summed E-state index contributed by atoms with van der Waals surface area (Å²) in [4.78, 5) is 27.6. The number of aromatic nitrogens is 2. The summed E-state index contributed by atoms with van der Waals surface area (Å²) in [7, 11) is 0. The molecule has 0 unspecified atom stereocenters. The van der Waals surface area contributed by atoms with Gasteiger partial charge in [-0.15, -0.1) is 0 Å². The van der Waals surface area contributed by atoms with E-state index in [0.717, 1.165) is 12.8 Å². The molecule has 0 saturated carbocycles. The summed E-state index contributed by atoms with van der Waals surface area (Å²) in [5.74, 6) is -0.314. The van der Waals surface area contributed by atoms with Gasteiger partial charge in [0.05, 0.1) is 6.61 Å². The number of hydroxylamine groups is 2. The highest BCUT2D eigenvalue weighted by Crippen LogP contribution is 2.08. The number of amides is 1. The molecule has 0 spiro atoms. The van der Waals surface area contributed by atoms with E-state index in [1.54, 1.807) is 0 Å². The lowest BCUT2D eigenvalue weighted by atomic mass is 10.3. The van der Waals surface area contributed by atoms with E-state index in [-0.39, 0.29) is 17.2 Å². The van der Waals surface area contributed by atoms with Gasteiger partial charge in [0.1, 0.15) is 0 Å². The summed E-state index contributed by atoms with van der Waals surface area (Å²) in [5, 5.41) is 7.14. The van der Waals surface area contributed by atoms with Crippen LogP contribution >= 0.6 is 0 Å². The minimum absolute atomic E-state index is 0.191. The van der Waals surface area contributed by atoms with Gasteiger partial charge in [0.2, 0.25) is 0 Å². The second-order valence-electron chi connectivity index (χ2n) is 3.25. The number of nitrogens with zero attached hydrogens (tertiary/aromatic N) is 2. The second-order valence-corrected chi connectivity index (χ2v) is 3.25. The highest BCUT2D eigenvalue weighted by molar-refractivity contribution is 5.91. The lowest BCUT2D eigenvalue weighted by molar-refractivity contribution is -0.144. The van der Waals surface area contributed by atoms with Crippen molar-refractivity contribution >= 4 is 5.91 Å². The number of rotatable bonds is 1. The minimum atomic E-state index is -0.328. The molecule has 2 heterocycles. The molecule has 1 fully saturated rings. The summed E-state index contributed by atoms with van der Waals surface area (Å²) in [6.07, 6.45) is 1.89. The molecule has 1 saturated heterocycles. The predicted octanol–water partition coefficient (Wildman–Crippen LogP) is -0.0625. The van der Waals surface area contributed by atoms with Crippen molar-refractivity contribution in [2.45, 2.75) is 12.8 Å². The van der Waals surface area contributed by atoms with Crippen molar-refractivity contribution in [2.75, 3.05) is 13.2 Å². The van der Waals surface area contributed by atoms with Crippen molar-refractivity contribution in [3.8, 4) is 0 Å². The Kier molecular flexibility index (Phi) is 2.77. The molecule has 0 aliphatic carbocycles. The molecule has 1 aliphatic rings. The van der Waals surface area contributed by atoms with Gasteiger partial charge in [-0.2, -0.15) is 5.10 Å². The zero-order valence-corrected chi connectivity index (χ0v) is 8.10. The van der Waals surface area contributed by atoms with Gasteiger partial charge in [0.25, 0.3) is 11.5 Å². The van der Waals surface area contributed by atoms with Gasteiger partial charge in [-0.3, -0.25) is 14.4 Å². The van der Waals surface area contributed by atoms with Crippen LogP contribution < -0.4 is 5.56 Å². The Morgan fingerprint density at radius 1 is 1.47 bits per heavy atom. The minimum Gasteiger partial charge on any atom is -0.271 e. The largest absolute Gasteiger partial charge is 0.297 e. The molecule has 6 nitrogen and oxygen atoms in total. The van der Waals surface area contributed by atoms with Crippen LogP contribution in [-0.4, -0.2) is 34.3 Å². The smallest absolute Gasteiger partial charge is 0.271 e. The lowest BCUT2D eigenvalue weighted by Gasteiger charge is -2.25. The third kappa shape index (κ3) is 2.21. The maximum atomic E-state index is 11.7. The van der Waals surface area contributed by atoms with E-state index in [4.69, 9.17) is 4.84 Å². The Labute approximate surface area is 85.8 Å². The fourth-order valence-corrected chi connectivity index (χ4v) is 1.35. The van der Waals surface area contributed by atoms with Crippen LogP contribution in [0.5, 0.6) is 0 Å². The quantitative estimate of drug-likeness (QED) is 0.703. The summed E-state index contributed by atoms with van der Waals surface area (Å²) >= 11 is 0. The second kappa shape index (κ2) is 4.22. The molecule has 6 heteroatoms. The third-order valence-electron chi connectivity index (χ3n) is 2.13. The molecule has 1 aromatic heterocycles. The van der Waals surface area contributed by atoms with Crippen molar-refractivity contribution in [3.63, 3.8) is 0 Å². The number of carbonyl (C=O) groups excluding carboxylic acids is 1. The van der Waals surface area contributed by atoms with Crippen LogP contribution in [0.4, 0.5) is 0 Å². The summed E-state index contributed by atoms with van der Waals surface area (Å²) in [6.45, 7) is 1.12. The van der Waals surface area contributed by atoms with Crippen LogP contribution in [0.2, 0.25) is 0 Å². The van der Waals surface area contributed by atoms with E-state index in [2.05, 4.69) is 10.2 Å². The van der Waals surface area contributed by atoms with E-state index in [1.165, 1.54) is 17.2 Å². The standard InChI is InChI=1S/C9H11N3O3/c13-8-4-3-7(10-11-8)9(14)12-5-1-2-6-15-12/h3-4H,1-2,5-6H2,(H,11,13). The fraction of sp³-hybridized carbons (Fsp3) is 0.444. The van der Waals surface area contributed by atoms with Gasteiger partial charge in [-0.25, -0.2) is 10.2 Å². The zero-order valence-electron chi connectivity index (χ0n) is 8.10. The number of carbonyl (C=O) groups is 1. The Hall–Kier alpha value is -1.69. The average Bonchev–Trinajstić information content (AvgIpc) is 2.30. The first-order chi connectivity index (χ1) is 7.27. The van der Waals surface area contributed by atoms with Crippen molar-refractivity contribution in [2.24, 2.45) is 0 Å². The van der Waals surface area contributed by atoms with Crippen LogP contribution in [0.3, 0.4) is 0 Å². The van der Waals surface area contributed by atoms with Crippen LogP contribution in [0.15, 0.2) is 16.9 Å². The Morgan fingerprint density at radius 3 is 2.93 bits per heavy atom. The first-order valence-electron chi connectivity index (χ1n) is 4.78. The van der Waals surface area contributed by atoms with Crippen molar-refractivity contribution in [3.05, 3.63) is 28.2 Å². The molecule has 1 aliphatic heterocycles. The van der Waals surface area contributed by atoms with Crippen LogP contribution in [0.25, 0.3) is 0 Å². The van der Waals surface area contributed by atoms with Crippen LogP contribution in [0, 0.1) is 0 Å². The monoisotopic (exact) mass is 209 g/mol. The molecular weight excluding hydrogens is 198 g/mol. The van der Waals surface area contributed by atoms with Crippen LogP contribution in [-0.2, 0) is 4.84 Å². The molecule has 0 radical (unpaired) electrons. The predicted molar refractivity (Wildman–Crippen MR) is 51.1 cm³/mol. The molecule has 1 amide bonds. The van der Waals surface area contributed by atoms with Crippen molar-refractivity contribution in [1.29, 1.82) is 0 Å². The van der Waals surface area contributed by atoms with Gasteiger partial charge in [-0.1, -0.05) is 0 Å². The Morgan fingerprint density at radius 2 is 2.33 bits per heavy atom. The Bertz CT molecular complexity index is 389. The third-order valence-corrected chi connectivity index (χ3v) is 2.13. The van der Waals surface area contributed by atoms with Gasteiger partial charge in [0, 0.05) is 12.6 Å².